The van der Waals surface area contributed by atoms with Gasteiger partial charge in [-0.05, 0) is 13.8 Å². The molecule has 2 N–H and O–H groups in total. The van der Waals surface area contributed by atoms with Crippen LogP contribution in [-0.4, -0.2) is 30.4 Å². The first-order chi connectivity index (χ1) is 7.43. The number of benzene rings is 1. The van der Waals surface area contributed by atoms with Gasteiger partial charge in [0.2, 0.25) is 0 Å². The second kappa shape index (κ2) is 6.77. The SMILES string of the molecule is CN(C)C(=O)C(C)(C)[NH2+]Cc1ccccc1.[Br-]. The van der Waals surface area contributed by atoms with Crippen LogP contribution < -0.4 is 22.3 Å². The maximum atomic E-state index is 11.9. The predicted octanol–water partition coefficient (Wildman–Crippen LogP) is -2.38. The topological polar surface area (TPSA) is 36.9 Å². The molecule has 96 valence electrons. The smallest absolute Gasteiger partial charge is 0.282 e. The Morgan fingerprint density at radius 3 is 2.24 bits per heavy atom. The van der Waals surface area contributed by atoms with Crippen LogP contribution in [0.2, 0.25) is 0 Å². The Hall–Kier alpha value is -0.870. The number of quaternary nitrogens is 1. The first-order valence-electron chi connectivity index (χ1n) is 5.53. The molecule has 4 heteroatoms. The van der Waals surface area contributed by atoms with E-state index in [1.807, 2.05) is 32.0 Å². The summed E-state index contributed by atoms with van der Waals surface area (Å²) in [4.78, 5) is 13.5. The van der Waals surface area contributed by atoms with Crippen LogP contribution in [0.25, 0.3) is 0 Å². The summed E-state index contributed by atoms with van der Waals surface area (Å²) < 4.78 is 0. The second-order valence-electron chi connectivity index (χ2n) is 4.82. The summed E-state index contributed by atoms with van der Waals surface area (Å²) in [6, 6.07) is 10.2. The minimum Gasteiger partial charge on any atom is -1.00 e. The van der Waals surface area contributed by atoms with Crippen molar-refractivity contribution in [3.8, 4) is 0 Å². The van der Waals surface area contributed by atoms with Crippen LogP contribution >= 0.6 is 0 Å². The van der Waals surface area contributed by atoms with Crippen LogP contribution in [0.5, 0.6) is 0 Å². The minimum absolute atomic E-state index is 0. The number of carbonyl (C=O) groups is 1. The molecule has 0 radical (unpaired) electrons. The number of carbonyl (C=O) groups excluding carboxylic acids is 1. The Morgan fingerprint density at radius 2 is 1.76 bits per heavy atom. The monoisotopic (exact) mass is 300 g/mol. The van der Waals surface area contributed by atoms with E-state index in [0.717, 1.165) is 6.54 Å². The zero-order chi connectivity index (χ0) is 12.2. The number of halogens is 1. The van der Waals surface area contributed by atoms with Crippen LogP contribution in [0.1, 0.15) is 19.4 Å². The third-order valence-electron chi connectivity index (χ3n) is 2.65. The van der Waals surface area contributed by atoms with Crippen molar-refractivity contribution in [3.63, 3.8) is 0 Å². The van der Waals surface area contributed by atoms with Crippen LogP contribution in [0.4, 0.5) is 0 Å². The molecule has 0 aromatic heterocycles. The van der Waals surface area contributed by atoms with E-state index >= 15 is 0 Å². The lowest BCUT2D eigenvalue weighted by Gasteiger charge is -2.25. The number of likely N-dealkylation sites (N-methyl/N-ethyl adjacent to an activating group) is 1. The fourth-order valence-corrected chi connectivity index (χ4v) is 1.65. The molecule has 0 bridgehead atoms. The Labute approximate surface area is 114 Å². The molecule has 1 amide bonds. The molecule has 3 nitrogen and oxygen atoms in total. The van der Waals surface area contributed by atoms with Crippen LogP contribution in [-0.2, 0) is 11.3 Å². The van der Waals surface area contributed by atoms with Crippen LogP contribution in [0.3, 0.4) is 0 Å². The molecule has 1 rings (SSSR count). The van der Waals surface area contributed by atoms with E-state index in [9.17, 15) is 4.79 Å². The molecule has 0 aliphatic heterocycles. The van der Waals surface area contributed by atoms with Crippen LogP contribution in [0, 0.1) is 0 Å². The van der Waals surface area contributed by atoms with Gasteiger partial charge in [-0.25, -0.2) is 0 Å². The molecule has 0 spiro atoms. The molecule has 0 fully saturated rings. The second-order valence-corrected chi connectivity index (χ2v) is 4.82. The lowest BCUT2D eigenvalue weighted by molar-refractivity contribution is -0.721. The van der Waals surface area contributed by atoms with E-state index in [-0.39, 0.29) is 22.9 Å². The van der Waals surface area contributed by atoms with Crippen molar-refractivity contribution in [1.82, 2.24) is 4.90 Å². The van der Waals surface area contributed by atoms with Crippen LogP contribution in [0.15, 0.2) is 30.3 Å². The normalized spacial score (nSPS) is 10.6. The Kier molecular flexibility index (Phi) is 6.42. The third kappa shape index (κ3) is 4.88. The largest absolute Gasteiger partial charge is 1.00 e. The molecule has 0 heterocycles. The van der Waals surface area contributed by atoms with Gasteiger partial charge in [0.15, 0.2) is 5.54 Å². The van der Waals surface area contributed by atoms with E-state index in [0.29, 0.717) is 0 Å². The summed E-state index contributed by atoms with van der Waals surface area (Å²) in [7, 11) is 3.58. The van der Waals surface area contributed by atoms with Crippen molar-refractivity contribution in [1.29, 1.82) is 0 Å². The number of rotatable bonds is 4. The quantitative estimate of drug-likeness (QED) is 0.663. The van der Waals surface area contributed by atoms with Crippen molar-refractivity contribution in [2.45, 2.75) is 25.9 Å². The van der Waals surface area contributed by atoms with E-state index < -0.39 is 5.54 Å². The number of nitrogens with two attached hydrogens (primary N) is 1. The zero-order valence-electron chi connectivity index (χ0n) is 10.9. The van der Waals surface area contributed by atoms with Crippen molar-refractivity contribution in [2.24, 2.45) is 0 Å². The maximum absolute atomic E-state index is 11.9. The van der Waals surface area contributed by atoms with E-state index in [1.165, 1.54) is 5.56 Å². The molecule has 17 heavy (non-hydrogen) atoms. The molecule has 0 unspecified atom stereocenters. The molecule has 0 saturated heterocycles. The van der Waals surface area contributed by atoms with Gasteiger partial charge in [-0.3, -0.25) is 4.79 Å². The number of hydrogen-bond acceptors (Lipinski definition) is 1. The summed E-state index contributed by atoms with van der Waals surface area (Å²) in [6.45, 7) is 4.74. The van der Waals surface area contributed by atoms with Gasteiger partial charge in [0, 0.05) is 19.7 Å². The molecule has 0 aliphatic rings. The summed E-state index contributed by atoms with van der Waals surface area (Å²) in [5, 5.41) is 2.07. The Bertz CT molecular complexity index is 350. The van der Waals surface area contributed by atoms with Gasteiger partial charge in [0.1, 0.15) is 6.54 Å². The van der Waals surface area contributed by atoms with Gasteiger partial charge in [0.25, 0.3) is 5.91 Å². The van der Waals surface area contributed by atoms with Gasteiger partial charge < -0.3 is 27.2 Å². The highest BCUT2D eigenvalue weighted by Gasteiger charge is 2.32. The van der Waals surface area contributed by atoms with Gasteiger partial charge in [-0.2, -0.15) is 0 Å². The van der Waals surface area contributed by atoms with Gasteiger partial charge in [-0.15, -0.1) is 0 Å². The highest BCUT2D eigenvalue weighted by molar-refractivity contribution is 5.83. The van der Waals surface area contributed by atoms with Crippen molar-refractivity contribution >= 4 is 5.91 Å². The third-order valence-corrected chi connectivity index (χ3v) is 2.65. The average molecular weight is 301 g/mol. The number of nitrogens with zero attached hydrogens (tertiary/aromatic N) is 1. The zero-order valence-corrected chi connectivity index (χ0v) is 12.5. The molecule has 0 saturated carbocycles. The van der Waals surface area contributed by atoms with Gasteiger partial charge >= 0.3 is 0 Å². The van der Waals surface area contributed by atoms with E-state index in [1.54, 1.807) is 19.0 Å². The highest BCUT2D eigenvalue weighted by Crippen LogP contribution is 2.01. The summed E-state index contributed by atoms with van der Waals surface area (Å²) >= 11 is 0. The molecule has 1 aromatic rings. The van der Waals surface area contributed by atoms with E-state index in [4.69, 9.17) is 0 Å². The summed E-state index contributed by atoms with van der Waals surface area (Å²) in [6.07, 6.45) is 0. The lowest BCUT2D eigenvalue weighted by atomic mass is 10.0. The van der Waals surface area contributed by atoms with Crippen molar-refractivity contribution in [3.05, 3.63) is 35.9 Å². The van der Waals surface area contributed by atoms with Crippen molar-refractivity contribution in [2.75, 3.05) is 14.1 Å². The molecule has 0 aliphatic carbocycles. The fraction of sp³-hybridized carbons (Fsp3) is 0.462. The molecular weight excluding hydrogens is 280 g/mol. The lowest BCUT2D eigenvalue weighted by Crippen LogP contribution is -3.00. The first-order valence-corrected chi connectivity index (χ1v) is 5.53. The van der Waals surface area contributed by atoms with Gasteiger partial charge in [0.05, 0.1) is 0 Å². The standard InChI is InChI=1S/C13H20N2O.BrH/c1-13(2,12(16)15(3)4)14-10-11-8-6-5-7-9-11;/h5-9,14H,10H2,1-4H3;1H. The minimum atomic E-state index is -0.403. The maximum Gasteiger partial charge on any atom is 0.282 e. The molecule has 1 aromatic carbocycles. The molecular formula is C13H21BrN2O. The number of amides is 1. The predicted molar refractivity (Wildman–Crippen MR) is 64.8 cm³/mol. The fourth-order valence-electron chi connectivity index (χ4n) is 1.65. The van der Waals surface area contributed by atoms with E-state index in [2.05, 4.69) is 17.4 Å². The highest BCUT2D eigenvalue weighted by atomic mass is 79.9. The first kappa shape index (κ1) is 16.1. The Morgan fingerprint density at radius 1 is 1.24 bits per heavy atom. The summed E-state index contributed by atoms with van der Waals surface area (Å²) in [5.41, 5.74) is 0.835. The summed E-state index contributed by atoms with van der Waals surface area (Å²) in [5.74, 6) is 0.142. The number of hydrogen-bond donors (Lipinski definition) is 1. The van der Waals surface area contributed by atoms with Gasteiger partial charge in [-0.1, -0.05) is 30.3 Å². The molecule has 0 atom stereocenters. The Balaban J connectivity index is 0.00000256. The van der Waals surface area contributed by atoms with Crippen molar-refractivity contribution < 1.29 is 27.1 Å². The average Bonchev–Trinajstić information content (AvgIpc) is 2.27.